The van der Waals surface area contributed by atoms with E-state index in [-0.39, 0.29) is 0 Å². The number of halogens is 1. The van der Waals surface area contributed by atoms with Crippen molar-refractivity contribution in [2.24, 2.45) is 5.92 Å². The number of rotatable bonds is 4. The zero-order valence-electron chi connectivity index (χ0n) is 10.7. The Kier molecular flexibility index (Phi) is 4.47. The Morgan fingerprint density at radius 3 is 2.76 bits per heavy atom. The molecule has 0 aromatic heterocycles. The van der Waals surface area contributed by atoms with Crippen molar-refractivity contribution in [3.8, 4) is 0 Å². The van der Waals surface area contributed by atoms with E-state index >= 15 is 0 Å². The largest absolute Gasteiger partial charge is 0.314 e. The van der Waals surface area contributed by atoms with Crippen molar-refractivity contribution >= 4 is 11.6 Å². The molecule has 0 amide bonds. The van der Waals surface area contributed by atoms with Gasteiger partial charge in [0.05, 0.1) is 0 Å². The zero-order chi connectivity index (χ0) is 12.3. The van der Waals surface area contributed by atoms with Crippen LogP contribution in [0.3, 0.4) is 0 Å². The summed E-state index contributed by atoms with van der Waals surface area (Å²) in [5.74, 6) is 1.31. The first-order chi connectivity index (χ1) is 8.24. The highest BCUT2D eigenvalue weighted by molar-refractivity contribution is 6.31. The quantitative estimate of drug-likeness (QED) is 0.845. The first kappa shape index (κ1) is 12.9. The average molecular weight is 252 g/mol. The fourth-order valence-electron chi connectivity index (χ4n) is 3.00. The van der Waals surface area contributed by atoms with E-state index in [1.54, 1.807) is 0 Å². The Hall–Kier alpha value is -0.530. The van der Waals surface area contributed by atoms with Crippen molar-refractivity contribution in [1.82, 2.24) is 5.32 Å². The van der Waals surface area contributed by atoms with E-state index < -0.39 is 0 Å². The number of nitrogens with one attached hydrogen (secondary N) is 1. The molecule has 17 heavy (non-hydrogen) atoms. The number of benzene rings is 1. The minimum Gasteiger partial charge on any atom is -0.314 e. The molecule has 3 unspecified atom stereocenters. The lowest BCUT2D eigenvalue weighted by Gasteiger charge is -2.22. The molecule has 0 spiro atoms. The number of hydrogen-bond donors (Lipinski definition) is 1. The molecule has 1 aliphatic carbocycles. The molecule has 0 bridgehead atoms. The van der Waals surface area contributed by atoms with Crippen LogP contribution in [0.1, 0.15) is 44.6 Å². The molecule has 1 nitrogen and oxygen atoms in total. The minimum absolute atomic E-state index is 0.623. The number of hydrogen-bond acceptors (Lipinski definition) is 1. The highest BCUT2D eigenvalue weighted by atomic mass is 35.5. The Bertz CT molecular complexity index is 364. The summed E-state index contributed by atoms with van der Waals surface area (Å²) in [7, 11) is 0. The summed E-state index contributed by atoms with van der Waals surface area (Å²) in [6.07, 6.45) is 3.74. The summed E-state index contributed by atoms with van der Waals surface area (Å²) >= 11 is 6.30. The van der Waals surface area contributed by atoms with Crippen LogP contribution < -0.4 is 5.32 Å². The van der Waals surface area contributed by atoms with Crippen LogP contribution in [0.15, 0.2) is 24.3 Å². The van der Waals surface area contributed by atoms with Gasteiger partial charge in [-0.2, -0.15) is 0 Å². The van der Waals surface area contributed by atoms with Gasteiger partial charge in [-0.25, -0.2) is 0 Å². The monoisotopic (exact) mass is 251 g/mol. The van der Waals surface area contributed by atoms with Gasteiger partial charge in [0.25, 0.3) is 0 Å². The minimum atomic E-state index is 0.623. The molecule has 2 heteroatoms. The van der Waals surface area contributed by atoms with E-state index in [1.165, 1.54) is 24.8 Å². The van der Waals surface area contributed by atoms with E-state index in [2.05, 4.69) is 31.3 Å². The highest BCUT2D eigenvalue weighted by Gasteiger charge is 2.33. The maximum Gasteiger partial charge on any atom is 0.0440 e. The third-order valence-corrected chi connectivity index (χ3v) is 4.36. The van der Waals surface area contributed by atoms with Crippen molar-refractivity contribution in [2.75, 3.05) is 6.54 Å². The summed E-state index contributed by atoms with van der Waals surface area (Å²) in [6.45, 7) is 5.71. The first-order valence-corrected chi connectivity index (χ1v) is 7.09. The van der Waals surface area contributed by atoms with Gasteiger partial charge in [0, 0.05) is 11.1 Å². The molecule has 3 atom stereocenters. The van der Waals surface area contributed by atoms with Crippen LogP contribution in [0.25, 0.3) is 0 Å². The van der Waals surface area contributed by atoms with Gasteiger partial charge in [-0.05, 0) is 49.3 Å². The molecule has 1 aromatic rings. The molecule has 1 aromatic carbocycles. The fourth-order valence-corrected chi connectivity index (χ4v) is 3.27. The molecule has 1 N–H and O–H groups in total. The van der Waals surface area contributed by atoms with Crippen LogP contribution in [-0.4, -0.2) is 12.6 Å². The summed E-state index contributed by atoms with van der Waals surface area (Å²) in [5, 5.41) is 4.59. The Labute approximate surface area is 110 Å². The van der Waals surface area contributed by atoms with Gasteiger partial charge in [0.2, 0.25) is 0 Å². The Morgan fingerprint density at radius 1 is 1.29 bits per heavy atom. The second-order valence-corrected chi connectivity index (χ2v) is 5.53. The Morgan fingerprint density at radius 2 is 2.06 bits per heavy atom. The first-order valence-electron chi connectivity index (χ1n) is 6.71. The van der Waals surface area contributed by atoms with Gasteiger partial charge in [0.15, 0.2) is 0 Å². The van der Waals surface area contributed by atoms with Crippen molar-refractivity contribution in [2.45, 2.75) is 45.1 Å². The lowest BCUT2D eigenvalue weighted by molar-refractivity contribution is 0.405. The summed E-state index contributed by atoms with van der Waals surface area (Å²) in [4.78, 5) is 0. The molecule has 94 valence electrons. The summed E-state index contributed by atoms with van der Waals surface area (Å²) in [6, 6.07) is 8.97. The molecule has 0 heterocycles. The SMILES string of the molecule is CCCNC1CCC(c2ccccc2Cl)C1C. The maximum atomic E-state index is 6.30. The molecule has 0 aliphatic heterocycles. The van der Waals surface area contributed by atoms with Gasteiger partial charge >= 0.3 is 0 Å². The third-order valence-electron chi connectivity index (χ3n) is 4.02. The molecule has 0 radical (unpaired) electrons. The van der Waals surface area contributed by atoms with E-state index in [1.807, 2.05) is 12.1 Å². The van der Waals surface area contributed by atoms with Crippen LogP contribution >= 0.6 is 11.6 Å². The summed E-state index contributed by atoms with van der Waals surface area (Å²) < 4.78 is 0. The molecule has 1 fully saturated rings. The van der Waals surface area contributed by atoms with Crippen LogP contribution in [-0.2, 0) is 0 Å². The van der Waals surface area contributed by atoms with E-state index in [9.17, 15) is 0 Å². The Balaban J connectivity index is 2.07. The van der Waals surface area contributed by atoms with Crippen molar-refractivity contribution < 1.29 is 0 Å². The van der Waals surface area contributed by atoms with Crippen molar-refractivity contribution in [3.05, 3.63) is 34.9 Å². The topological polar surface area (TPSA) is 12.0 Å². The summed E-state index contributed by atoms with van der Waals surface area (Å²) in [5.41, 5.74) is 1.34. The van der Waals surface area contributed by atoms with Gasteiger partial charge in [-0.3, -0.25) is 0 Å². The van der Waals surface area contributed by atoms with Gasteiger partial charge in [0.1, 0.15) is 0 Å². The van der Waals surface area contributed by atoms with Crippen LogP contribution in [0, 0.1) is 5.92 Å². The fraction of sp³-hybridized carbons (Fsp3) is 0.600. The molecular formula is C15H22ClN. The van der Waals surface area contributed by atoms with Gasteiger partial charge in [-0.1, -0.05) is 43.6 Å². The molecule has 1 saturated carbocycles. The second-order valence-electron chi connectivity index (χ2n) is 5.13. The van der Waals surface area contributed by atoms with E-state index in [0.29, 0.717) is 17.9 Å². The van der Waals surface area contributed by atoms with E-state index in [0.717, 1.165) is 11.6 Å². The second kappa shape index (κ2) is 5.88. The highest BCUT2D eigenvalue weighted by Crippen LogP contribution is 2.41. The van der Waals surface area contributed by atoms with E-state index in [4.69, 9.17) is 11.6 Å². The standard InChI is InChI=1S/C15H22ClN/c1-3-10-17-15-9-8-12(11(15)2)13-6-4-5-7-14(13)16/h4-7,11-12,15,17H,3,8-10H2,1-2H3. The lowest BCUT2D eigenvalue weighted by Crippen LogP contribution is -2.32. The van der Waals surface area contributed by atoms with Gasteiger partial charge in [-0.15, -0.1) is 0 Å². The van der Waals surface area contributed by atoms with Crippen molar-refractivity contribution in [1.29, 1.82) is 0 Å². The predicted octanol–water partition coefficient (Wildman–Crippen LogP) is 4.22. The normalized spacial score (nSPS) is 28.5. The van der Waals surface area contributed by atoms with Gasteiger partial charge < -0.3 is 5.32 Å². The molecular weight excluding hydrogens is 230 g/mol. The van der Waals surface area contributed by atoms with Crippen molar-refractivity contribution in [3.63, 3.8) is 0 Å². The molecule has 1 aliphatic rings. The molecule has 2 rings (SSSR count). The van der Waals surface area contributed by atoms with Crippen LogP contribution in [0.4, 0.5) is 0 Å². The van der Waals surface area contributed by atoms with Crippen LogP contribution in [0.5, 0.6) is 0 Å². The lowest BCUT2D eigenvalue weighted by atomic mass is 9.89. The predicted molar refractivity (Wildman–Crippen MR) is 74.7 cm³/mol. The van der Waals surface area contributed by atoms with Crippen LogP contribution in [0.2, 0.25) is 5.02 Å². The maximum absolute atomic E-state index is 6.30. The third kappa shape index (κ3) is 2.83. The smallest absolute Gasteiger partial charge is 0.0440 e. The zero-order valence-corrected chi connectivity index (χ0v) is 11.5. The average Bonchev–Trinajstić information content (AvgIpc) is 2.69. The molecule has 0 saturated heterocycles.